The van der Waals surface area contributed by atoms with Crippen LogP contribution < -0.4 is 11.1 Å². The fourth-order valence-corrected chi connectivity index (χ4v) is 2.85. The molecule has 0 aliphatic carbocycles. The van der Waals surface area contributed by atoms with Gasteiger partial charge in [0.15, 0.2) is 0 Å². The number of hydrogen-bond acceptors (Lipinski definition) is 5. The molecule has 1 aromatic carbocycles. The minimum Gasteiger partial charge on any atom is -0.382 e. The van der Waals surface area contributed by atoms with Crippen LogP contribution in [0.4, 0.5) is 10.8 Å². The number of carbonyl (C=O) groups is 1. The zero-order valence-corrected chi connectivity index (χ0v) is 13.3. The molecule has 21 heavy (non-hydrogen) atoms. The molecule has 1 amide bonds. The topological polar surface area (TPSA) is 71.2 Å². The van der Waals surface area contributed by atoms with E-state index in [0.717, 1.165) is 16.1 Å². The van der Waals surface area contributed by atoms with Crippen molar-refractivity contribution in [2.45, 2.75) is 19.9 Å². The number of nitrogens with one attached hydrogen (secondary N) is 1. The maximum Gasteiger partial charge on any atom is 0.244 e. The second kappa shape index (κ2) is 6.58. The summed E-state index contributed by atoms with van der Waals surface area (Å²) in [6.45, 7) is 4.48. The van der Waals surface area contributed by atoms with Crippen LogP contribution in [0, 0.1) is 0 Å². The van der Waals surface area contributed by atoms with Gasteiger partial charge in [-0.3, -0.25) is 4.79 Å². The van der Waals surface area contributed by atoms with Gasteiger partial charge in [0.1, 0.15) is 16.9 Å². The van der Waals surface area contributed by atoms with Gasteiger partial charge in [-0.25, -0.2) is 0 Å². The standard InChI is InChI=1S/C15H20N4OS/c1-4-19(3)15(20)10(2)17-14-12(13(16)18-21-14)11-8-6-5-7-9-11/h5-10,17H,4H2,1-3H3,(H2,16,18). The summed E-state index contributed by atoms with van der Waals surface area (Å²) in [5.74, 6) is 0.528. The van der Waals surface area contributed by atoms with Crippen LogP contribution in [0.25, 0.3) is 11.1 Å². The molecule has 0 fully saturated rings. The highest BCUT2D eigenvalue weighted by molar-refractivity contribution is 7.11. The smallest absolute Gasteiger partial charge is 0.244 e. The van der Waals surface area contributed by atoms with Crippen molar-refractivity contribution in [3.63, 3.8) is 0 Å². The van der Waals surface area contributed by atoms with Crippen molar-refractivity contribution in [2.24, 2.45) is 0 Å². The number of likely N-dealkylation sites (N-methyl/N-ethyl adjacent to an activating group) is 1. The van der Waals surface area contributed by atoms with E-state index in [9.17, 15) is 4.79 Å². The van der Waals surface area contributed by atoms with Gasteiger partial charge in [0, 0.05) is 13.6 Å². The van der Waals surface area contributed by atoms with Gasteiger partial charge in [-0.2, -0.15) is 4.37 Å². The fraction of sp³-hybridized carbons (Fsp3) is 0.333. The quantitative estimate of drug-likeness (QED) is 0.891. The number of anilines is 2. The largest absolute Gasteiger partial charge is 0.382 e. The monoisotopic (exact) mass is 304 g/mol. The normalized spacial score (nSPS) is 12.0. The molecule has 0 spiro atoms. The third-order valence-corrected chi connectivity index (χ3v) is 4.14. The molecular weight excluding hydrogens is 284 g/mol. The Bertz CT molecular complexity index is 611. The Morgan fingerprint density at radius 2 is 2.10 bits per heavy atom. The molecule has 0 saturated heterocycles. The Hall–Kier alpha value is -2.08. The van der Waals surface area contributed by atoms with Gasteiger partial charge in [0.2, 0.25) is 5.91 Å². The van der Waals surface area contributed by atoms with Gasteiger partial charge >= 0.3 is 0 Å². The second-order valence-corrected chi connectivity index (χ2v) is 5.63. The first-order valence-corrected chi connectivity index (χ1v) is 7.64. The van der Waals surface area contributed by atoms with E-state index in [1.807, 2.05) is 44.2 Å². The first-order valence-electron chi connectivity index (χ1n) is 6.86. The lowest BCUT2D eigenvalue weighted by Gasteiger charge is -2.21. The number of benzene rings is 1. The van der Waals surface area contributed by atoms with Crippen LogP contribution in [0.5, 0.6) is 0 Å². The number of rotatable bonds is 5. The highest BCUT2D eigenvalue weighted by Crippen LogP contribution is 2.36. The van der Waals surface area contributed by atoms with Crippen LogP contribution in [0.15, 0.2) is 30.3 Å². The molecule has 2 aromatic rings. The lowest BCUT2D eigenvalue weighted by Crippen LogP contribution is -2.38. The van der Waals surface area contributed by atoms with Crippen molar-refractivity contribution in [3.8, 4) is 11.1 Å². The molecule has 3 N–H and O–H groups in total. The van der Waals surface area contributed by atoms with Gasteiger partial charge < -0.3 is 16.0 Å². The van der Waals surface area contributed by atoms with E-state index in [1.54, 1.807) is 11.9 Å². The average Bonchev–Trinajstić information content (AvgIpc) is 2.87. The van der Waals surface area contributed by atoms with Crippen molar-refractivity contribution in [1.29, 1.82) is 0 Å². The summed E-state index contributed by atoms with van der Waals surface area (Å²) in [4.78, 5) is 13.8. The lowest BCUT2D eigenvalue weighted by molar-refractivity contribution is -0.130. The predicted molar refractivity (Wildman–Crippen MR) is 88.4 cm³/mol. The minimum absolute atomic E-state index is 0.0449. The van der Waals surface area contributed by atoms with Crippen LogP contribution in [-0.2, 0) is 4.79 Å². The summed E-state index contributed by atoms with van der Waals surface area (Å²) in [7, 11) is 1.79. The lowest BCUT2D eigenvalue weighted by atomic mass is 10.1. The van der Waals surface area contributed by atoms with E-state index in [0.29, 0.717) is 12.4 Å². The summed E-state index contributed by atoms with van der Waals surface area (Å²) < 4.78 is 4.20. The summed E-state index contributed by atoms with van der Waals surface area (Å²) in [6, 6.07) is 9.50. The Morgan fingerprint density at radius 1 is 1.43 bits per heavy atom. The van der Waals surface area contributed by atoms with Crippen molar-refractivity contribution in [2.75, 3.05) is 24.6 Å². The number of amides is 1. The van der Waals surface area contributed by atoms with Crippen LogP contribution in [0.1, 0.15) is 13.8 Å². The number of aromatic nitrogens is 1. The number of hydrogen-bond donors (Lipinski definition) is 2. The minimum atomic E-state index is -0.322. The van der Waals surface area contributed by atoms with E-state index in [4.69, 9.17) is 5.73 Å². The number of nitrogen functional groups attached to an aromatic ring is 1. The molecule has 2 rings (SSSR count). The van der Waals surface area contributed by atoms with Crippen molar-refractivity contribution >= 4 is 28.3 Å². The van der Waals surface area contributed by atoms with Crippen molar-refractivity contribution < 1.29 is 4.79 Å². The van der Waals surface area contributed by atoms with E-state index >= 15 is 0 Å². The molecule has 6 heteroatoms. The highest BCUT2D eigenvalue weighted by atomic mass is 32.1. The van der Waals surface area contributed by atoms with Crippen molar-refractivity contribution in [1.82, 2.24) is 9.27 Å². The fourth-order valence-electron chi connectivity index (χ4n) is 2.03. The third kappa shape index (κ3) is 3.33. The zero-order valence-electron chi connectivity index (χ0n) is 12.5. The third-order valence-electron chi connectivity index (χ3n) is 3.35. The van der Waals surface area contributed by atoms with Crippen LogP contribution in [-0.4, -0.2) is 34.8 Å². The van der Waals surface area contributed by atoms with Gasteiger partial charge in [0.05, 0.1) is 5.56 Å². The molecule has 5 nitrogen and oxygen atoms in total. The first-order chi connectivity index (χ1) is 10.0. The van der Waals surface area contributed by atoms with Gasteiger partial charge in [-0.05, 0) is 30.9 Å². The van der Waals surface area contributed by atoms with E-state index < -0.39 is 0 Å². The molecule has 1 unspecified atom stereocenters. The van der Waals surface area contributed by atoms with E-state index in [2.05, 4.69) is 9.69 Å². The molecule has 1 heterocycles. The number of nitrogens with two attached hydrogens (primary N) is 1. The molecule has 0 aliphatic rings. The average molecular weight is 304 g/mol. The van der Waals surface area contributed by atoms with Crippen molar-refractivity contribution in [3.05, 3.63) is 30.3 Å². The zero-order chi connectivity index (χ0) is 15.4. The number of nitrogens with zero attached hydrogens (tertiary/aromatic N) is 2. The SMILES string of the molecule is CCN(C)C(=O)C(C)Nc1snc(N)c1-c1ccccc1. The Balaban J connectivity index is 2.24. The summed E-state index contributed by atoms with van der Waals surface area (Å²) in [5.41, 5.74) is 7.83. The molecule has 0 saturated carbocycles. The summed E-state index contributed by atoms with van der Waals surface area (Å²) in [5, 5.41) is 4.05. The Morgan fingerprint density at radius 3 is 2.71 bits per heavy atom. The summed E-state index contributed by atoms with van der Waals surface area (Å²) in [6.07, 6.45) is 0. The Labute approximate surface area is 128 Å². The van der Waals surface area contributed by atoms with Crippen LogP contribution in [0.2, 0.25) is 0 Å². The van der Waals surface area contributed by atoms with Gasteiger partial charge in [0.25, 0.3) is 0 Å². The second-order valence-electron chi connectivity index (χ2n) is 4.86. The van der Waals surface area contributed by atoms with Gasteiger partial charge in [-0.15, -0.1) is 0 Å². The van der Waals surface area contributed by atoms with Crippen LogP contribution in [0.3, 0.4) is 0 Å². The van der Waals surface area contributed by atoms with Gasteiger partial charge in [-0.1, -0.05) is 30.3 Å². The summed E-state index contributed by atoms with van der Waals surface area (Å²) >= 11 is 1.28. The molecule has 0 aliphatic heterocycles. The molecule has 1 atom stereocenters. The van der Waals surface area contributed by atoms with Crippen LogP contribution >= 0.6 is 11.5 Å². The maximum atomic E-state index is 12.1. The molecule has 112 valence electrons. The van der Waals surface area contributed by atoms with E-state index in [-0.39, 0.29) is 11.9 Å². The predicted octanol–water partition coefficient (Wildman–Crippen LogP) is 2.67. The first kappa shape index (κ1) is 15.3. The highest BCUT2D eigenvalue weighted by Gasteiger charge is 2.20. The molecule has 0 radical (unpaired) electrons. The molecule has 1 aromatic heterocycles. The molecule has 0 bridgehead atoms. The van der Waals surface area contributed by atoms with E-state index in [1.165, 1.54) is 11.5 Å². The molecular formula is C15H20N4OS. The number of carbonyl (C=O) groups excluding carboxylic acids is 1. The maximum absolute atomic E-state index is 12.1. The Kier molecular flexibility index (Phi) is 4.80.